The zero-order valence-electron chi connectivity index (χ0n) is 9.70. The quantitative estimate of drug-likeness (QED) is 0.541. The second-order valence-corrected chi connectivity index (χ2v) is 4.89. The van der Waals surface area contributed by atoms with Crippen LogP contribution in [0.2, 0.25) is 0 Å². The number of nitrogens with one attached hydrogen (secondary N) is 1. The molecule has 1 rings (SSSR count). The van der Waals surface area contributed by atoms with E-state index in [9.17, 15) is 0 Å². The summed E-state index contributed by atoms with van der Waals surface area (Å²) in [4.78, 5) is 0. The second-order valence-electron chi connectivity index (χ2n) is 3.01. The highest BCUT2D eigenvalue weighted by molar-refractivity contribution is 8.00. The minimum absolute atomic E-state index is 0.365. The number of rotatable bonds is 4. The maximum atomic E-state index is 4.37. The molecule has 15 heavy (non-hydrogen) atoms. The highest BCUT2D eigenvalue weighted by Gasteiger charge is 2.15. The van der Waals surface area contributed by atoms with Crippen LogP contribution in [0.1, 0.15) is 32.8 Å². The van der Waals surface area contributed by atoms with Crippen molar-refractivity contribution in [3.63, 3.8) is 0 Å². The van der Waals surface area contributed by atoms with Crippen LogP contribution in [0, 0.1) is 0 Å². The Morgan fingerprint density at radius 1 is 1.13 bits per heavy atom. The minimum Gasteiger partial charge on any atom is -0.291 e. The van der Waals surface area contributed by atoms with E-state index in [2.05, 4.69) is 49.6 Å². The third-order valence-corrected chi connectivity index (χ3v) is 2.86. The summed E-state index contributed by atoms with van der Waals surface area (Å²) in [5.41, 5.74) is 1.25. The van der Waals surface area contributed by atoms with Crippen LogP contribution in [0.5, 0.6) is 0 Å². The van der Waals surface area contributed by atoms with Gasteiger partial charge < -0.3 is 0 Å². The lowest BCUT2D eigenvalue weighted by atomic mass is 10.2. The molecule has 0 heterocycles. The molecule has 1 aromatic carbocycles. The van der Waals surface area contributed by atoms with Crippen LogP contribution in [-0.4, -0.2) is 4.20 Å². The van der Waals surface area contributed by atoms with Crippen LogP contribution < -0.4 is 5.32 Å². The molecule has 1 nitrogen and oxygen atoms in total. The van der Waals surface area contributed by atoms with Crippen LogP contribution in [0.15, 0.2) is 30.3 Å². The molecule has 86 valence electrons. The highest BCUT2D eigenvalue weighted by atomic mass is 32.2. The van der Waals surface area contributed by atoms with E-state index < -0.39 is 0 Å². The van der Waals surface area contributed by atoms with E-state index in [-0.39, 0.29) is 4.20 Å². The maximum Gasteiger partial charge on any atom is 0.106 e. The fourth-order valence-electron chi connectivity index (χ4n) is 0.964. The molecule has 0 unspecified atom stereocenters. The van der Waals surface area contributed by atoms with Gasteiger partial charge in [0.05, 0.1) is 0 Å². The van der Waals surface area contributed by atoms with E-state index >= 15 is 0 Å². The fraction of sp³-hybridized carbons (Fsp3) is 0.500. The molecule has 0 amide bonds. The molecule has 3 heteroatoms. The van der Waals surface area contributed by atoms with Gasteiger partial charge >= 0.3 is 0 Å². The van der Waals surface area contributed by atoms with Gasteiger partial charge in [-0.05, 0) is 12.0 Å². The van der Waals surface area contributed by atoms with Gasteiger partial charge in [-0.2, -0.15) is 0 Å². The van der Waals surface area contributed by atoms with Crippen molar-refractivity contribution in [3.8, 4) is 0 Å². The highest BCUT2D eigenvalue weighted by Crippen LogP contribution is 2.20. The molecule has 0 radical (unpaired) electrons. The molecule has 0 atom stereocenters. The number of hydrogen-bond donors (Lipinski definition) is 3. The van der Waals surface area contributed by atoms with Crippen molar-refractivity contribution in [2.24, 2.45) is 0 Å². The van der Waals surface area contributed by atoms with Gasteiger partial charge in [-0.1, -0.05) is 51.1 Å². The van der Waals surface area contributed by atoms with Crippen molar-refractivity contribution in [2.75, 3.05) is 0 Å². The molecule has 1 aromatic rings. The predicted molar refractivity (Wildman–Crippen MR) is 75.6 cm³/mol. The van der Waals surface area contributed by atoms with Crippen molar-refractivity contribution in [2.45, 2.75) is 37.9 Å². The van der Waals surface area contributed by atoms with Crippen molar-refractivity contribution in [1.29, 1.82) is 0 Å². The Kier molecular flexibility index (Phi) is 8.02. The summed E-state index contributed by atoms with van der Waals surface area (Å²) in [6.45, 7) is 6.86. The van der Waals surface area contributed by atoms with Crippen LogP contribution in [-0.2, 0) is 6.54 Å². The van der Waals surface area contributed by atoms with Crippen LogP contribution in [0.3, 0.4) is 0 Å². The van der Waals surface area contributed by atoms with Gasteiger partial charge in [-0.25, -0.2) is 0 Å². The van der Waals surface area contributed by atoms with E-state index in [1.54, 1.807) is 0 Å². The van der Waals surface area contributed by atoms with Gasteiger partial charge in [-0.15, -0.1) is 25.3 Å². The van der Waals surface area contributed by atoms with Crippen molar-refractivity contribution >= 4 is 25.3 Å². The van der Waals surface area contributed by atoms with Gasteiger partial charge in [0.15, 0.2) is 0 Å². The summed E-state index contributed by atoms with van der Waals surface area (Å²) in [5.74, 6) is 0. The third-order valence-electron chi connectivity index (χ3n) is 1.91. The van der Waals surface area contributed by atoms with Crippen LogP contribution in [0.25, 0.3) is 0 Å². The molecule has 0 saturated carbocycles. The van der Waals surface area contributed by atoms with Gasteiger partial charge in [0.2, 0.25) is 0 Å². The molecule has 0 aliphatic carbocycles. The molecule has 0 aliphatic rings. The Bertz CT molecular complexity index is 247. The first-order valence-electron chi connectivity index (χ1n) is 5.38. The molecule has 0 spiro atoms. The largest absolute Gasteiger partial charge is 0.291 e. The first-order chi connectivity index (χ1) is 7.14. The van der Waals surface area contributed by atoms with Gasteiger partial charge in [0, 0.05) is 6.54 Å². The van der Waals surface area contributed by atoms with E-state index in [1.807, 2.05) is 32.0 Å². The predicted octanol–water partition coefficient (Wildman–Crippen LogP) is 3.73. The van der Waals surface area contributed by atoms with Gasteiger partial charge in [0.25, 0.3) is 0 Å². The van der Waals surface area contributed by atoms with E-state index in [0.717, 1.165) is 13.0 Å². The van der Waals surface area contributed by atoms with Crippen molar-refractivity contribution in [3.05, 3.63) is 35.9 Å². The lowest BCUT2D eigenvalue weighted by Crippen LogP contribution is -2.32. The first kappa shape index (κ1) is 14.9. The summed E-state index contributed by atoms with van der Waals surface area (Å²) < 4.78 is -0.365. The summed E-state index contributed by atoms with van der Waals surface area (Å²) >= 11 is 8.74. The Balaban J connectivity index is 0.000000921. The monoisotopic (exact) mass is 243 g/mol. The second kappa shape index (κ2) is 8.08. The lowest BCUT2D eigenvalue weighted by molar-refractivity contribution is 0.600. The van der Waals surface area contributed by atoms with Crippen LogP contribution >= 0.6 is 25.3 Å². The first-order valence-corrected chi connectivity index (χ1v) is 6.27. The molecule has 0 fully saturated rings. The molecule has 0 aromatic heterocycles. The molecule has 0 saturated heterocycles. The van der Waals surface area contributed by atoms with E-state index in [0.29, 0.717) is 0 Å². The zero-order chi connectivity index (χ0) is 11.7. The van der Waals surface area contributed by atoms with E-state index in [1.165, 1.54) is 5.56 Å². The summed E-state index contributed by atoms with van der Waals surface area (Å²) in [5, 5.41) is 3.25. The molecular formula is C12H21NS2. The van der Waals surface area contributed by atoms with Gasteiger partial charge in [0.1, 0.15) is 4.20 Å². The average Bonchev–Trinajstić information content (AvgIpc) is 2.31. The molecule has 0 bridgehead atoms. The van der Waals surface area contributed by atoms with Crippen molar-refractivity contribution in [1.82, 2.24) is 5.32 Å². The SMILES string of the molecule is CC.CCC(S)(S)NCc1ccccc1. The summed E-state index contributed by atoms with van der Waals surface area (Å²) in [7, 11) is 0. The lowest BCUT2D eigenvalue weighted by Gasteiger charge is -2.22. The molecular weight excluding hydrogens is 222 g/mol. The minimum atomic E-state index is -0.365. The average molecular weight is 243 g/mol. The summed E-state index contributed by atoms with van der Waals surface area (Å²) in [6.07, 6.45) is 0.881. The normalized spacial score (nSPS) is 10.5. The standard InChI is InChI=1S/C10H15NS2.C2H6/c1-2-10(12,13)11-8-9-6-4-3-5-7-9;1-2/h3-7,11-13H,2,8H2,1H3;1-2H3. The van der Waals surface area contributed by atoms with Crippen LogP contribution in [0.4, 0.5) is 0 Å². The van der Waals surface area contributed by atoms with Crippen molar-refractivity contribution < 1.29 is 0 Å². The molecule has 1 N–H and O–H groups in total. The Hall–Kier alpha value is -0.120. The summed E-state index contributed by atoms with van der Waals surface area (Å²) in [6, 6.07) is 10.2. The molecule has 0 aliphatic heterocycles. The fourth-order valence-corrected chi connectivity index (χ4v) is 1.12. The smallest absolute Gasteiger partial charge is 0.106 e. The Morgan fingerprint density at radius 3 is 2.13 bits per heavy atom. The number of benzene rings is 1. The number of hydrogen-bond acceptors (Lipinski definition) is 3. The number of thiol groups is 2. The third kappa shape index (κ3) is 6.88. The Morgan fingerprint density at radius 2 is 1.67 bits per heavy atom. The topological polar surface area (TPSA) is 12.0 Å². The van der Waals surface area contributed by atoms with Gasteiger partial charge in [-0.3, -0.25) is 5.32 Å². The van der Waals surface area contributed by atoms with E-state index in [4.69, 9.17) is 0 Å². The zero-order valence-corrected chi connectivity index (χ0v) is 11.5. The Labute approximate surface area is 104 Å². The maximum absolute atomic E-state index is 4.37.